The van der Waals surface area contributed by atoms with Crippen LogP contribution >= 0.6 is 23.2 Å². The van der Waals surface area contributed by atoms with Crippen LogP contribution in [0.3, 0.4) is 0 Å². The largest absolute Gasteiger partial charge is 0.487 e. The number of benzene rings is 3. The molecule has 1 aromatic heterocycles. The Morgan fingerprint density at radius 3 is 2.55 bits per heavy atom. The summed E-state index contributed by atoms with van der Waals surface area (Å²) in [5.74, 6) is 0.397. The van der Waals surface area contributed by atoms with Crippen molar-refractivity contribution in [3.8, 4) is 5.75 Å². The number of aromatic amines is 1. The lowest BCUT2D eigenvalue weighted by molar-refractivity contribution is 0.0950. The van der Waals surface area contributed by atoms with Crippen LogP contribution in [0.1, 0.15) is 21.6 Å². The number of amides is 1. The molecular weight excluding hydrogens is 407 g/mol. The van der Waals surface area contributed by atoms with E-state index >= 15 is 0 Å². The highest BCUT2D eigenvalue weighted by atomic mass is 35.5. The molecule has 1 amide bonds. The van der Waals surface area contributed by atoms with E-state index in [4.69, 9.17) is 27.9 Å². The number of nitrogens with one attached hydrogen (secondary N) is 2. The van der Waals surface area contributed by atoms with Crippen LogP contribution < -0.4 is 10.1 Å². The molecule has 0 atom stereocenters. The number of hydrogen-bond donors (Lipinski definition) is 2. The second-order valence-electron chi connectivity index (χ2n) is 6.62. The minimum Gasteiger partial charge on any atom is -0.487 e. The fourth-order valence-corrected chi connectivity index (χ4v) is 3.34. The first-order valence-electron chi connectivity index (χ1n) is 9.10. The van der Waals surface area contributed by atoms with Gasteiger partial charge in [-0.1, -0.05) is 53.5 Å². The van der Waals surface area contributed by atoms with E-state index in [1.165, 1.54) is 0 Å². The van der Waals surface area contributed by atoms with Gasteiger partial charge in [0.25, 0.3) is 5.91 Å². The molecule has 3 aromatic carbocycles. The first-order valence-corrected chi connectivity index (χ1v) is 9.86. The van der Waals surface area contributed by atoms with Crippen LogP contribution in [-0.4, -0.2) is 10.9 Å². The Hall–Kier alpha value is -2.95. The topological polar surface area (TPSA) is 54.1 Å². The maximum Gasteiger partial charge on any atom is 0.251 e. The van der Waals surface area contributed by atoms with Crippen molar-refractivity contribution in [2.75, 3.05) is 0 Å². The normalized spacial score (nSPS) is 10.8. The average Bonchev–Trinajstić information content (AvgIpc) is 3.16. The van der Waals surface area contributed by atoms with Crippen molar-refractivity contribution in [1.82, 2.24) is 10.3 Å². The molecule has 1 heterocycles. The SMILES string of the molecule is O=C(NCc1cc2ccccc2[nH]1)c1ccc(COc2cc(Cl)ccc2Cl)cc1. The number of carbonyl (C=O) groups excluding carboxylic acids is 1. The van der Waals surface area contributed by atoms with E-state index in [1.54, 1.807) is 30.3 Å². The number of fused-ring (bicyclic) bond motifs is 1. The van der Waals surface area contributed by atoms with E-state index < -0.39 is 0 Å². The lowest BCUT2D eigenvalue weighted by Crippen LogP contribution is -2.22. The van der Waals surface area contributed by atoms with Crippen molar-refractivity contribution >= 4 is 40.0 Å². The van der Waals surface area contributed by atoms with Crippen molar-refractivity contribution in [2.45, 2.75) is 13.2 Å². The highest BCUT2D eigenvalue weighted by Crippen LogP contribution is 2.28. The van der Waals surface area contributed by atoms with E-state index in [0.717, 1.165) is 22.2 Å². The lowest BCUT2D eigenvalue weighted by atomic mass is 10.1. The standard InChI is InChI=1S/C23H18Cl2N2O2/c24-18-9-10-20(25)22(12-18)29-14-15-5-7-16(8-6-15)23(28)26-13-19-11-17-3-1-2-4-21(17)27-19/h1-12,27H,13-14H2,(H,26,28). The van der Waals surface area contributed by atoms with E-state index in [-0.39, 0.29) is 5.91 Å². The first-order chi connectivity index (χ1) is 14.1. The molecule has 146 valence electrons. The van der Waals surface area contributed by atoms with Gasteiger partial charge in [0.1, 0.15) is 12.4 Å². The van der Waals surface area contributed by atoms with Crippen LogP contribution in [0.25, 0.3) is 10.9 Å². The molecule has 0 fully saturated rings. The maximum atomic E-state index is 12.4. The summed E-state index contributed by atoms with van der Waals surface area (Å²) >= 11 is 12.1. The van der Waals surface area contributed by atoms with E-state index in [1.807, 2.05) is 42.5 Å². The summed E-state index contributed by atoms with van der Waals surface area (Å²) in [7, 11) is 0. The Morgan fingerprint density at radius 2 is 1.76 bits per heavy atom. The summed E-state index contributed by atoms with van der Waals surface area (Å²) in [5.41, 5.74) is 3.53. The molecule has 4 aromatic rings. The number of ether oxygens (including phenoxy) is 1. The highest BCUT2D eigenvalue weighted by molar-refractivity contribution is 6.34. The van der Waals surface area contributed by atoms with Gasteiger partial charge in [0.2, 0.25) is 0 Å². The molecule has 0 radical (unpaired) electrons. The molecule has 0 spiro atoms. The van der Waals surface area contributed by atoms with Crippen molar-refractivity contribution in [3.63, 3.8) is 0 Å². The number of halogens is 2. The Labute approximate surface area is 178 Å². The molecule has 0 saturated carbocycles. The van der Waals surface area contributed by atoms with Gasteiger partial charge in [-0.3, -0.25) is 4.79 Å². The monoisotopic (exact) mass is 424 g/mol. The van der Waals surface area contributed by atoms with Crippen LogP contribution in [0.5, 0.6) is 5.75 Å². The molecule has 0 aliphatic heterocycles. The predicted octanol–water partition coefficient (Wildman–Crippen LogP) is 5.98. The number of carbonyl (C=O) groups is 1. The van der Waals surface area contributed by atoms with Gasteiger partial charge in [-0.15, -0.1) is 0 Å². The lowest BCUT2D eigenvalue weighted by Gasteiger charge is -2.09. The molecule has 4 nitrogen and oxygen atoms in total. The van der Waals surface area contributed by atoms with Gasteiger partial charge in [-0.25, -0.2) is 0 Å². The van der Waals surface area contributed by atoms with E-state index in [0.29, 0.717) is 34.5 Å². The fourth-order valence-electron chi connectivity index (χ4n) is 3.01. The Balaban J connectivity index is 1.34. The van der Waals surface area contributed by atoms with Crippen LogP contribution in [0.2, 0.25) is 10.0 Å². The summed E-state index contributed by atoms with van der Waals surface area (Å²) < 4.78 is 5.72. The zero-order valence-corrected chi connectivity index (χ0v) is 16.9. The van der Waals surface area contributed by atoms with E-state index in [9.17, 15) is 4.79 Å². The maximum absolute atomic E-state index is 12.4. The van der Waals surface area contributed by atoms with Crippen molar-refractivity contribution in [3.05, 3.63) is 99.7 Å². The number of para-hydroxylation sites is 1. The molecule has 6 heteroatoms. The number of H-pyrrole nitrogens is 1. The fraction of sp³-hybridized carbons (Fsp3) is 0.0870. The predicted molar refractivity (Wildman–Crippen MR) is 117 cm³/mol. The summed E-state index contributed by atoms with van der Waals surface area (Å²) in [6.07, 6.45) is 0. The molecule has 4 rings (SSSR count). The van der Waals surface area contributed by atoms with Gasteiger partial charge in [0.15, 0.2) is 0 Å². The summed E-state index contributed by atoms with van der Waals surface area (Å²) in [6.45, 7) is 0.767. The molecule has 0 unspecified atom stereocenters. The van der Waals surface area contributed by atoms with Gasteiger partial charge in [-0.2, -0.15) is 0 Å². The van der Waals surface area contributed by atoms with E-state index in [2.05, 4.69) is 10.3 Å². The summed E-state index contributed by atoms with van der Waals surface area (Å²) in [5, 5.41) is 5.12. The molecule has 29 heavy (non-hydrogen) atoms. The smallest absolute Gasteiger partial charge is 0.251 e. The number of aromatic nitrogens is 1. The summed E-state index contributed by atoms with van der Waals surface area (Å²) in [6, 6.07) is 22.4. The molecule has 0 aliphatic rings. The second kappa shape index (κ2) is 8.60. The van der Waals surface area contributed by atoms with Gasteiger partial charge in [-0.05, 0) is 47.3 Å². The Morgan fingerprint density at radius 1 is 0.966 bits per heavy atom. The third kappa shape index (κ3) is 4.73. The third-order valence-corrected chi connectivity index (χ3v) is 5.08. The molecule has 0 aliphatic carbocycles. The van der Waals surface area contributed by atoms with Crippen LogP contribution in [0.15, 0.2) is 72.8 Å². The zero-order valence-electron chi connectivity index (χ0n) is 15.4. The average molecular weight is 425 g/mol. The van der Waals surface area contributed by atoms with Gasteiger partial charge < -0.3 is 15.0 Å². The van der Waals surface area contributed by atoms with Gasteiger partial charge >= 0.3 is 0 Å². The third-order valence-electron chi connectivity index (χ3n) is 4.53. The highest BCUT2D eigenvalue weighted by Gasteiger charge is 2.08. The van der Waals surface area contributed by atoms with Gasteiger partial charge in [0.05, 0.1) is 11.6 Å². The van der Waals surface area contributed by atoms with Crippen molar-refractivity contribution < 1.29 is 9.53 Å². The Bertz CT molecular complexity index is 1120. The minimum absolute atomic E-state index is 0.131. The minimum atomic E-state index is -0.131. The zero-order chi connectivity index (χ0) is 20.2. The first kappa shape index (κ1) is 19.4. The number of rotatable bonds is 6. The second-order valence-corrected chi connectivity index (χ2v) is 7.47. The number of hydrogen-bond acceptors (Lipinski definition) is 2. The molecule has 0 saturated heterocycles. The Kier molecular flexibility index (Phi) is 5.74. The molecular formula is C23H18Cl2N2O2. The molecule has 0 bridgehead atoms. The van der Waals surface area contributed by atoms with Crippen LogP contribution in [-0.2, 0) is 13.2 Å². The quantitative estimate of drug-likeness (QED) is 0.399. The van der Waals surface area contributed by atoms with Crippen molar-refractivity contribution in [2.24, 2.45) is 0 Å². The van der Waals surface area contributed by atoms with Crippen LogP contribution in [0, 0.1) is 0 Å². The van der Waals surface area contributed by atoms with Crippen LogP contribution in [0.4, 0.5) is 0 Å². The van der Waals surface area contributed by atoms with Crippen molar-refractivity contribution in [1.29, 1.82) is 0 Å². The molecule has 2 N–H and O–H groups in total. The van der Waals surface area contributed by atoms with Gasteiger partial charge in [0, 0.05) is 27.9 Å². The summed E-state index contributed by atoms with van der Waals surface area (Å²) in [4.78, 5) is 15.7.